The van der Waals surface area contributed by atoms with Gasteiger partial charge in [-0.2, -0.15) is 0 Å². The van der Waals surface area contributed by atoms with Gasteiger partial charge in [0.05, 0.1) is 0 Å². The molecule has 0 unspecified atom stereocenters. The molecule has 2 fully saturated rings. The molecule has 2 saturated carbocycles. The van der Waals surface area contributed by atoms with Crippen molar-refractivity contribution < 1.29 is 0 Å². The van der Waals surface area contributed by atoms with Crippen LogP contribution in [0.3, 0.4) is 0 Å². The SMILES string of the molecule is CNCC1(c2ccccc2Br)CC2(CCCCCC2)C1. The Labute approximate surface area is 131 Å². The topological polar surface area (TPSA) is 12.0 Å². The fraction of sp³-hybridized carbons (Fsp3) is 0.667. The Morgan fingerprint density at radius 1 is 1.05 bits per heavy atom. The maximum atomic E-state index is 3.78. The summed E-state index contributed by atoms with van der Waals surface area (Å²) in [5.41, 5.74) is 2.53. The molecule has 110 valence electrons. The molecule has 2 heteroatoms. The first-order chi connectivity index (χ1) is 9.70. The van der Waals surface area contributed by atoms with E-state index in [0.29, 0.717) is 10.8 Å². The van der Waals surface area contributed by atoms with Crippen LogP contribution < -0.4 is 5.32 Å². The van der Waals surface area contributed by atoms with E-state index in [0.717, 1.165) is 6.54 Å². The number of hydrogen-bond acceptors (Lipinski definition) is 1. The van der Waals surface area contributed by atoms with E-state index in [4.69, 9.17) is 0 Å². The van der Waals surface area contributed by atoms with E-state index in [1.807, 2.05) is 0 Å². The van der Waals surface area contributed by atoms with Crippen molar-refractivity contribution in [2.24, 2.45) is 5.41 Å². The highest BCUT2D eigenvalue weighted by molar-refractivity contribution is 9.10. The van der Waals surface area contributed by atoms with Gasteiger partial charge in [-0.25, -0.2) is 0 Å². The van der Waals surface area contributed by atoms with E-state index in [9.17, 15) is 0 Å². The van der Waals surface area contributed by atoms with Crippen LogP contribution in [-0.2, 0) is 5.41 Å². The van der Waals surface area contributed by atoms with Gasteiger partial charge in [-0.15, -0.1) is 0 Å². The highest BCUT2D eigenvalue weighted by Gasteiger charge is 2.54. The Bertz CT molecular complexity index is 452. The molecule has 0 bridgehead atoms. The van der Waals surface area contributed by atoms with Crippen molar-refractivity contribution in [2.45, 2.75) is 56.8 Å². The third-order valence-corrected chi connectivity index (χ3v) is 6.24. The third-order valence-electron chi connectivity index (χ3n) is 5.55. The Morgan fingerprint density at radius 2 is 1.70 bits per heavy atom. The Kier molecular flexibility index (Phi) is 4.24. The van der Waals surface area contributed by atoms with Gasteiger partial charge in [0.15, 0.2) is 0 Å². The van der Waals surface area contributed by atoms with E-state index < -0.39 is 0 Å². The zero-order valence-corrected chi connectivity index (χ0v) is 14.1. The molecule has 3 rings (SSSR count). The van der Waals surface area contributed by atoms with Gasteiger partial charge in [0.1, 0.15) is 0 Å². The van der Waals surface area contributed by atoms with Crippen molar-refractivity contribution in [1.29, 1.82) is 0 Å². The minimum atomic E-state index is 0.360. The average Bonchev–Trinajstić information content (AvgIpc) is 2.64. The van der Waals surface area contributed by atoms with Crippen LogP contribution in [0.15, 0.2) is 28.7 Å². The second-order valence-electron chi connectivity index (χ2n) is 7.06. The second kappa shape index (κ2) is 5.81. The summed E-state index contributed by atoms with van der Waals surface area (Å²) in [6.45, 7) is 1.11. The minimum Gasteiger partial charge on any atom is -0.319 e. The van der Waals surface area contributed by atoms with Gasteiger partial charge in [0, 0.05) is 16.4 Å². The van der Waals surface area contributed by atoms with Gasteiger partial charge in [-0.1, -0.05) is 59.8 Å². The molecule has 0 saturated heterocycles. The van der Waals surface area contributed by atoms with E-state index in [-0.39, 0.29) is 0 Å². The van der Waals surface area contributed by atoms with Crippen LogP contribution in [0.4, 0.5) is 0 Å². The highest BCUT2D eigenvalue weighted by atomic mass is 79.9. The van der Waals surface area contributed by atoms with Crippen LogP contribution in [0.2, 0.25) is 0 Å². The third kappa shape index (κ3) is 2.57. The van der Waals surface area contributed by atoms with Crippen LogP contribution in [0.1, 0.15) is 56.9 Å². The van der Waals surface area contributed by atoms with E-state index >= 15 is 0 Å². The monoisotopic (exact) mass is 335 g/mol. The lowest BCUT2D eigenvalue weighted by atomic mass is 9.48. The number of benzene rings is 1. The van der Waals surface area contributed by atoms with E-state index in [1.165, 1.54) is 61.4 Å². The first-order valence-electron chi connectivity index (χ1n) is 8.09. The molecule has 1 N–H and O–H groups in total. The Hall–Kier alpha value is -0.340. The van der Waals surface area contributed by atoms with Gasteiger partial charge in [-0.3, -0.25) is 0 Å². The molecule has 20 heavy (non-hydrogen) atoms. The van der Waals surface area contributed by atoms with Gasteiger partial charge in [-0.05, 0) is 49.8 Å². The van der Waals surface area contributed by atoms with Crippen LogP contribution in [0, 0.1) is 5.41 Å². The maximum absolute atomic E-state index is 3.78. The Balaban J connectivity index is 1.84. The lowest BCUT2D eigenvalue weighted by molar-refractivity contribution is 0.00680. The molecule has 0 heterocycles. The summed E-state index contributed by atoms with van der Waals surface area (Å²) < 4.78 is 1.29. The molecule has 0 amide bonds. The summed E-state index contributed by atoms with van der Waals surface area (Å²) in [5, 5.41) is 3.45. The predicted molar refractivity (Wildman–Crippen MR) is 89.1 cm³/mol. The Morgan fingerprint density at radius 3 is 2.30 bits per heavy atom. The molecule has 1 aromatic rings. The molecule has 2 aliphatic carbocycles. The van der Waals surface area contributed by atoms with E-state index in [2.05, 4.69) is 52.6 Å². The number of rotatable bonds is 3. The summed E-state index contributed by atoms with van der Waals surface area (Å²) in [4.78, 5) is 0. The maximum Gasteiger partial charge on any atom is 0.0213 e. The lowest BCUT2D eigenvalue weighted by Crippen LogP contribution is -2.54. The predicted octanol–water partition coefficient (Wildman–Crippen LogP) is 5.04. The molecule has 1 spiro atoms. The fourth-order valence-electron chi connectivity index (χ4n) is 4.86. The zero-order chi connectivity index (χ0) is 14.1. The molecule has 0 aliphatic heterocycles. The number of halogens is 1. The van der Waals surface area contributed by atoms with Gasteiger partial charge in [0.2, 0.25) is 0 Å². The molecule has 1 nitrogen and oxygen atoms in total. The average molecular weight is 336 g/mol. The van der Waals surface area contributed by atoms with Crippen LogP contribution >= 0.6 is 15.9 Å². The second-order valence-corrected chi connectivity index (χ2v) is 7.91. The number of nitrogens with one attached hydrogen (secondary N) is 1. The van der Waals surface area contributed by atoms with Crippen LogP contribution in [-0.4, -0.2) is 13.6 Å². The van der Waals surface area contributed by atoms with Gasteiger partial charge < -0.3 is 5.32 Å². The molecule has 0 radical (unpaired) electrons. The molecule has 0 atom stereocenters. The summed E-state index contributed by atoms with van der Waals surface area (Å²) in [6.07, 6.45) is 11.5. The summed E-state index contributed by atoms with van der Waals surface area (Å²) in [6, 6.07) is 8.84. The van der Waals surface area contributed by atoms with Crippen molar-refractivity contribution in [3.05, 3.63) is 34.3 Å². The first-order valence-corrected chi connectivity index (χ1v) is 8.89. The number of hydrogen-bond donors (Lipinski definition) is 1. The molecular formula is C18H26BrN. The molecule has 1 aromatic carbocycles. The smallest absolute Gasteiger partial charge is 0.0213 e. The molecule has 0 aromatic heterocycles. The normalized spacial score (nSPS) is 24.1. The largest absolute Gasteiger partial charge is 0.319 e. The molecular weight excluding hydrogens is 310 g/mol. The van der Waals surface area contributed by atoms with Crippen LogP contribution in [0.25, 0.3) is 0 Å². The summed E-state index contributed by atoms with van der Waals surface area (Å²) in [7, 11) is 2.09. The minimum absolute atomic E-state index is 0.360. The highest BCUT2D eigenvalue weighted by Crippen LogP contribution is 2.61. The summed E-state index contributed by atoms with van der Waals surface area (Å²) >= 11 is 3.78. The number of likely N-dealkylation sites (N-methyl/N-ethyl adjacent to an activating group) is 1. The van der Waals surface area contributed by atoms with Crippen molar-refractivity contribution in [3.63, 3.8) is 0 Å². The van der Waals surface area contributed by atoms with Crippen LogP contribution in [0.5, 0.6) is 0 Å². The van der Waals surface area contributed by atoms with E-state index in [1.54, 1.807) is 0 Å². The van der Waals surface area contributed by atoms with Crippen molar-refractivity contribution in [1.82, 2.24) is 5.32 Å². The fourth-order valence-corrected chi connectivity index (χ4v) is 5.56. The van der Waals surface area contributed by atoms with Crippen molar-refractivity contribution >= 4 is 15.9 Å². The summed E-state index contributed by atoms with van der Waals surface area (Å²) in [5.74, 6) is 0. The molecule has 2 aliphatic rings. The first kappa shape index (κ1) is 14.6. The van der Waals surface area contributed by atoms with Gasteiger partial charge >= 0.3 is 0 Å². The van der Waals surface area contributed by atoms with Gasteiger partial charge in [0.25, 0.3) is 0 Å². The lowest BCUT2D eigenvalue weighted by Gasteiger charge is -2.57. The zero-order valence-electron chi connectivity index (χ0n) is 12.6. The van der Waals surface area contributed by atoms with Crippen molar-refractivity contribution in [3.8, 4) is 0 Å². The quantitative estimate of drug-likeness (QED) is 0.815. The standard InChI is InChI=1S/C18H26BrN/c1-20-14-18(15-8-4-5-9-16(15)19)12-17(13-18)10-6-2-3-7-11-17/h4-5,8-9,20H,2-3,6-7,10-14H2,1H3. The van der Waals surface area contributed by atoms with Crippen molar-refractivity contribution in [2.75, 3.05) is 13.6 Å².